The number of benzene rings is 1. The molecule has 2 aromatic rings. The quantitative estimate of drug-likeness (QED) is 0.924. The number of para-hydroxylation sites is 1. The van der Waals surface area contributed by atoms with Crippen molar-refractivity contribution in [2.45, 2.75) is 20.0 Å². The number of nitrogens with one attached hydrogen (secondary N) is 1. The molecule has 0 bridgehead atoms. The summed E-state index contributed by atoms with van der Waals surface area (Å²) in [5, 5.41) is 3.92. The maximum atomic E-state index is 12.3. The number of halogens is 3. The molecule has 1 aromatic heterocycles. The highest BCUT2D eigenvalue weighted by Crippen LogP contribution is 2.31. The predicted octanol–water partition coefficient (Wildman–Crippen LogP) is 3.92. The molecule has 0 unspecified atom stereocenters. The van der Waals surface area contributed by atoms with Crippen LogP contribution in [0.3, 0.4) is 0 Å². The van der Waals surface area contributed by atoms with E-state index in [1.54, 1.807) is 19.1 Å². The minimum atomic E-state index is -4.36. The van der Waals surface area contributed by atoms with Crippen molar-refractivity contribution in [1.29, 1.82) is 0 Å². The number of aromatic nitrogens is 1. The number of aryl methyl sites for hydroxylation is 1. The topological polar surface area (TPSA) is 34.2 Å². The van der Waals surface area contributed by atoms with Crippen molar-refractivity contribution in [2.75, 3.05) is 18.5 Å². The molecule has 0 aliphatic carbocycles. The Hall–Kier alpha value is -1.98. The summed E-state index contributed by atoms with van der Waals surface area (Å²) in [7, 11) is 0. The van der Waals surface area contributed by atoms with Crippen LogP contribution in [0.2, 0.25) is 0 Å². The van der Waals surface area contributed by atoms with Crippen molar-refractivity contribution in [2.24, 2.45) is 0 Å². The van der Waals surface area contributed by atoms with E-state index in [-0.39, 0.29) is 5.75 Å². The van der Waals surface area contributed by atoms with Crippen LogP contribution in [-0.4, -0.2) is 24.3 Å². The largest absolute Gasteiger partial charge is 0.482 e. The van der Waals surface area contributed by atoms with E-state index in [0.717, 1.165) is 16.8 Å². The lowest BCUT2D eigenvalue weighted by molar-refractivity contribution is -0.153. The third-order valence-electron chi connectivity index (χ3n) is 2.69. The van der Waals surface area contributed by atoms with Gasteiger partial charge in [-0.2, -0.15) is 13.2 Å². The molecule has 0 amide bonds. The number of ether oxygens (including phenoxy) is 1. The molecule has 0 radical (unpaired) electrons. The molecule has 1 aromatic carbocycles. The van der Waals surface area contributed by atoms with E-state index in [1.165, 1.54) is 6.07 Å². The van der Waals surface area contributed by atoms with E-state index >= 15 is 0 Å². The van der Waals surface area contributed by atoms with Gasteiger partial charge in [-0.15, -0.1) is 0 Å². The van der Waals surface area contributed by atoms with Crippen molar-refractivity contribution >= 4 is 16.6 Å². The standard InChI is InChI=1S/C14H15F3N2O/c1-3-18-11-7-9(2)19-13-10(11)5-4-6-12(13)20-8-14(15,16)17/h4-7H,3,8H2,1-2H3,(H,18,19). The zero-order chi connectivity index (χ0) is 14.8. The second-order valence-electron chi connectivity index (χ2n) is 4.40. The van der Waals surface area contributed by atoms with Crippen LogP contribution >= 0.6 is 0 Å². The summed E-state index contributed by atoms with van der Waals surface area (Å²) < 4.78 is 41.6. The Labute approximate surface area is 114 Å². The van der Waals surface area contributed by atoms with Crippen LogP contribution < -0.4 is 10.1 Å². The van der Waals surface area contributed by atoms with Gasteiger partial charge in [-0.25, -0.2) is 4.98 Å². The lowest BCUT2D eigenvalue weighted by atomic mass is 10.1. The first-order valence-corrected chi connectivity index (χ1v) is 6.24. The molecule has 0 saturated carbocycles. The molecule has 1 heterocycles. The summed E-state index contributed by atoms with van der Waals surface area (Å²) >= 11 is 0. The molecular formula is C14H15F3N2O. The van der Waals surface area contributed by atoms with Crippen molar-refractivity contribution < 1.29 is 17.9 Å². The average Bonchev–Trinajstić information content (AvgIpc) is 2.35. The fourth-order valence-corrected chi connectivity index (χ4v) is 1.96. The Morgan fingerprint density at radius 3 is 2.70 bits per heavy atom. The fraction of sp³-hybridized carbons (Fsp3) is 0.357. The molecule has 6 heteroatoms. The Morgan fingerprint density at radius 1 is 1.30 bits per heavy atom. The highest BCUT2D eigenvalue weighted by atomic mass is 19.4. The van der Waals surface area contributed by atoms with Gasteiger partial charge in [-0.05, 0) is 26.0 Å². The Bertz CT molecular complexity index is 611. The van der Waals surface area contributed by atoms with E-state index in [9.17, 15) is 13.2 Å². The number of fused-ring (bicyclic) bond motifs is 1. The molecule has 0 atom stereocenters. The number of alkyl halides is 3. The minimum absolute atomic E-state index is 0.141. The Morgan fingerprint density at radius 2 is 2.05 bits per heavy atom. The van der Waals surface area contributed by atoms with E-state index in [1.807, 2.05) is 13.0 Å². The maximum absolute atomic E-state index is 12.3. The molecule has 0 saturated heterocycles. The highest BCUT2D eigenvalue weighted by molar-refractivity contribution is 5.95. The van der Waals surface area contributed by atoms with Crippen LogP contribution in [0, 0.1) is 6.92 Å². The molecule has 108 valence electrons. The smallest absolute Gasteiger partial charge is 0.422 e. The van der Waals surface area contributed by atoms with Crippen LogP contribution in [0.4, 0.5) is 18.9 Å². The second kappa shape index (κ2) is 5.56. The van der Waals surface area contributed by atoms with Gasteiger partial charge in [0.15, 0.2) is 6.61 Å². The van der Waals surface area contributed by atoms with Gasteiger partial charge in [0.2, 0.25) is 0 Å². The van der Waals surface area contributed by atoms with Crippen molar-refractivity contribution in [3.8, 4) is 5.75 Å². The zero-order valence-electron chi connectivity index (χ0n) is 11.2. The fourth-order valence-electron chi connectivity index (χ4n) is 1.96. The molecule has 0 aliphatic rings. The van der Waals surface area contributed by atoms with Gasteiger partial charge in [-0.1, -0.05) is 12.1 Å². The number of hydrogen-bond donors (Lipinski definition) is 1. The summed E-state index contributed by atoms with van der Waals surface area (Å²) in [5.74, 6) is 0.141. The number of rotatable bonds is 4. The summed E-state index contributed by atoms with van der Waals surface area (Å²) in [5.41, 5.74) is 2.00. The number of pyridine rings is 1. The Balaban J connectivity index is 2.46. The summed E-state index contributed by atoms with van der Waals surface area (Å²) in [6, 6.07) is 6.82. The van der Waals surface area contributed by atoms with Gasteiger partial charge in [0.05, 0.1) is 0 Å². The van der Waals surface area contributed by atoms with Crippen molar-refractivity contribution in [3.05, 3.63) is 30.0 Å². The van der Waals surface area contributed by atoms with Gasteiger partial charge in [0.25, 0.3) is 0 Å². The molecule has 1 N–H and O–H groups in total. The minimum Gasteiger partial charge on any atom is -0.482 e. The van der Waals surface area contributed by atoms with Gasteiger partial charge < -0.3 is 10.1 Å². The highest BCUT2D eigenvalue weighted by Gasteiger charge is 2.28. The third-order valence-corrected chi connectivity index (χ3v) is 2.69. The zero-order valence-corrected chi connectivity index (χ0v) is 11.2. The van der Waals surface area contributed by atoms with Gasteiger partial charge in [0.1, 0.15) is 11.3 Å². The number of hydrogen-bond acceptors (Lipinski definition) is 3. The van der Waals surface area contributed by atoms with Crippen molar-refractivity contribution in [1.82, 2.24) is 4.98 Å². The number of anilines is 1. The molecule has 3 nitrogen and oxygen atoms in total. The summed E-state index contributed by atoms with van der Waals surface area (Å²) in [6.07, 6.45) is -4.36. The molecule has 2 rings (SSSR count). The van der Waals surface area contributed by atoms with Gasteiger partial charge in [-0.3, -0.25) is 0 Å². The van der Waals surface area contributed by atoms with E-state index in [4.69, 9.17) is 4.74 Å². The first-order chi connectivity index (χ1) is 9.40. The molecule has 0 spiro atoms. The Kier molecular flexibility index (Phi) is 4.01. The van der Waals surface area contributed by atoms with Crippen LogP contribution in [-0.2, 0) is 0 Å². The lowest BCUT2D eigenvalue weighted by Crippen LogP contribution is -2.19. The predicted molar refractivity (Wildman–Crippen MR) is 72.2 cm³/mol. The number of nitrogens with zero attached hydrogens (tertiary/aromatic N) is 1. The third kappa shape index (κ3) is 3.31. The van der Waals surface area contributed by atoms with Gasteiger partial charge in [0, 0.05) is 23.3 Å². The van der Waals surface area contributed by atoms with Crippen LogP contribution in [0.5, 0.6) is 5.75 Å². The lowest BCUT2D eigenvalue weighted by Gasteiger charge is -2.14. The van der Waals surface area contributed by atoms with Crippen LogP contribution in [0.1, 0.15) is 12.6 Å². The SMILES string of the molecule is CCNc1cc(C)nc2c(OCC(F)(F)F)cccc12. The second-order valence-corrected chi connectivity index (χ2v) is 4.40. The van der Waals surface area contributed by atoms with Crippen LogP contribution in [0.25, 0.3) is 10.9 Å². The maximum Gasteiger partial charge on any atom is 0.422 e. The molecular weight excluding hydrogens is 269 g/mol. The monoisotopic (exact) mass is 284 g/mol. The van der Waals surface area contributed by atoms with E-state index in [0.29, 0.717) is 12.1 Å². The van der Waals surface area contributed by atoms with Crippen LogP contribution in [0.15, 0.2) is 24.3 Å². The molecule has 20 heavy (non-hydrogen) atoms. The van der Waals surface area contributed by atoms with E-state index < -0.39 is 12.8 Å². The average molecular weight is 284 g/mol. The normalized spacial score (nSPS) is 11.7. The summed E-state index contributed by atoms with van der Waals surface area (Å²) in [4.78, 5) is 4.29. The van der Waals surface area contributed by atoms with E-state index in [2.05, 4.69) is 10.3 Å². The molecule has 0 fully saturated rings. The first kappa shape index (κ1) is 14.4. The van der Waals surface area contributed by atoms with Crippen molar-refractivity contribution in [3.63, 3.8) is 0 Å². The first-order valence-electron chi connectivity index (χ1n) is 6.24. The van der Waals surface area contributed by atoms with Gasteiger partial charge >= 0.3 is 6.18 Å². The molecule has 0 aliphatic heterocycles. The summed E-state index contributed by atoms with van der Waals surface area (Å²) in [6.45, 7) is 3.14.